The molecule has 0 saturated heterocycles. The first kappa shape index (κ1) is 31.0. The molecule has 1 heterocycles. The number of anilines is 1. The summed E-state index contributed by atoms with van der Waals surface area (Å²) in [4.78, 5) is 50.5. The Labute approximate surface area is 247 Å². The SMILES string of the molecule is CC(=O)c1ccc(Cl)cc1-c1cc(=O)n(C(Cc2ccccc2)C(=O)Nc2ccc(C(=O)O)cc2)nc1OCC(F)(F)F. The van der Waals surface area contributed by atoms with E-state index in [0.29, 0.717) is 10.2 Å². The van der Waals surface area contributed by atoms with Crippen LogP contribution >= 0.6 is 11.6 Å². The van der Waals surface area contributed by atoms with E-state index in [9.17, 15) is 32.3 Å². The molecule has 0 saturated carbocycles. The van der Waals surface area contributed by atoms with Gasteiger partial charge in [-0.05, 0) is 60.5 Å². The molecule has 13 heteroatoms. The Morgan fingerprint density at radius 2 is 1.67 bits per heavy atom. The minimum atomic E-state index is -4.78. The number of halogens is 4. The Hall–Kier alpha value is -4.97. The summed E-state index contributed by atoms with van der Waals surface area (Å²) < 4.78 is 45.4. The highest BCUT2D eigenvalue weighted by Crippen LogP contribution is 2.34. The summed E-state index contributed by atoms with van der Waals surface area (Å²) in [5, 5.41) is 15.9. The van der Waals surface area contributed by atoms with Gasteiger partial charge in [0.2, 0.25) is 11.8 Å². The zero-order valence-corrected chi connectivity index (χ0v) is 23.1. The lowest BCUT2D eigenvalue weighted by Gasteiger charge is -2.21. The zero-order chi connectivity index (χ0) is 31.3. The van der Waals surface area contributed by atoms with Crippen LogP contribution in [0.1, 0.15) is 39.2 Å². The van der Waals surface area contributed by atoms with Crippen LogP contribution in [0.15, 0.2) is 83.7 Å². The number of ketones is 1. The fourth-order valence-electron chi connectivity index (χ4n) is 4.22. The Morgan fingerprint density at radius 3 is 2.28 bits per heavy atom. The van der Waals surface area contributed by atoms with Gasteiger partial charge in [0, 0.05) is 28.8 Å². The van der Waals surface area contributed by atoms with E-state index in [1.165, 1.54) is 49.4 Å². The molecule has 43 heavy (non-hydrogen) atoms. The lowest BCUT2D eigenvalue weighted by atomic mass is 9.98. The first-order valence-electron chi connectivity index (χ1n) is 12.6. The maximum atomic E-state index is 13.5. The highest BCUT2D eigenvalue weighted by atomic mass is 35.5. The predicted octanol–water partition coefficient (Wildman–Crippen LogP) is 5.83. The van der Waals surface area contributed by atoms with Crippen LogP contribution in [0.5, 0.6) is 5.88 Å². The first-order valence-corrected chi connectivity index (χ1v) is 13.0. The monoisotopic (exact) mass is 613 g/mol. The first-order chi connectivity index (χ1) is 20.3. The number of benzene rings is 3. The molecule has 1 atom stereocenters. The molecule has 4 aromatic rings. The molecule has 0 radical (unpaired) electrons. The van der Waals surface area contributed by atoms with Gasteiger partial charge in [-0.25, -0.2) is 9.48 Å². The number of carbonyl (C=O) groups excluding carboxylic acids is 2. The number of Topliss-reactive ketones (excluding diaryl/α,β-unsaturated/α-hetero) is 1. The topological polar surface area (TPSA) is 128 Å². The second-order valence-electron chi connectivity index (χ2n) is 9.37. The number of amides is 1. The van der Waals surface area contributed by atoms with Crippen molar-refractivity contribution in [2.45, 2.75) is 25.6 Å². The van der Waals surface area contributed by atoms with Gasteiger partial charge in [0.1, 0.15) is 6.04 Å². The summed E-state index contributed by atoms with van der Waals surface area (Å²) in [5.41, 5.74) is -0.225. The predicted molar refractivity (Wildman–Crippen MR) is 152 cm³/mol. The summed E-state index contributed by atoms with van der Waals surface area (Å²) in [7, 11) is 0. The number of alkyl halides is 3. The lowest BCUT2D eigenvalue weighted by Crippen LogP contribution is -2.37. The Bertz CT molecular complexity index is 1720. The molecule has 0 bridgehead atoms. The second kappa shape index (κ2) is 12.9. The average molecular weight is 614 g/mol. The van der Waals surface area contributed by atoms with Crippen molar-refractivity contribution < 1.29 is 37.4 Å². The van der Waals surface area contributed by atoms with Crippen LogP contribution in [-0.2, 0) is 11.2 Å². The number of carboxylic acids is 1. The van der Waals surface area contributed by atoms with Gasteiger partial charge in [-0.2, -0.15) is 13.2 Å². The number of hydrogen-bond acceptors (Lipinski definition) is 6. The summed E-state index contributed by atoms with van der Waals surface area (Å²) >= 11 is 6.11. The van der Waals surface area contributed by atoms with Gasteiger partial charge in [0.15, 0.2) is 12.4 Å². The molecule has 2 N–H and O–H groups in total. The fourth-order valence-corrected chi connectivity index (χ4v) is 4.39. The third kappa shape index (κ3) is 7.86. The van der Waals surface area contributed by atoms with Crippen molar-refractivity contribution in [1.29, 1.82) is 0 Å². The van der Waals surface area contributed by atoms with Gasteiger partial charge in [-0.3, -0.25) is 14.4 Å². The van der Waals surface area contributed by atoms with E-state index in [1.54, 1.807) is 30.3 Å². The van der Waals surface area contributed by atoms with Crippen molar-refractivity contribution in [2.75, 3.05) is 11.9 Å². The van der Waals surface area contributed by atoms with E-state index in [4.69, 9.17) is 21.4 Å². The smallest absolute Gasteiger partial charge is 0.422 e. The molecule has 0 aliphatic rings. The van der Waals surface area contributed by atoms with Gasteiger partial charge in [-0.15, -0.1) is 5.10 Å². The number of nitrogens with zero attached hydrogens (tertiary/aromatic N) is 2. The maximum Gasteiger partial charge on any atom is 0.422 e. The average Bonchev–Trinajstić information content (AvgIpc) is 2.95. The third-order valence-corrected chi connectivity index (χ3v) is 6.45. The van der Waals surface area contributed by atoms with Crippen LogP contribution in [0.25, 0.3) is 11.1 Å². The van der Waals surface area contributed by atoms with E-state index < -0.39 is 47.9 Å². The minimum Gasteiger partial charge on any atom is -0.478 e. The number of rotatable bonds is 10. The molecule has 1 aromatic heterocycles. The van der Waals surface area contributed by atoms with Crippen LogP contribution in [-0.4, -0.2) is 45.3 Å². The fraction of sp³-hybridized carbons (Fsp3) is 0.167. The molecular weight excluding hydrogens is 591 g/mol. The number of aromatic nitrogens is 2. The van der Waals surface area contributed by atoms with E-state index >= 15 is 0 Å². The zero-order valence-electron chi connectivity index (χ0n) is 22.4. The summed E-state index contributed by atoms with van der Waals surface area (Å²) in [6, 6.07) is 17.4. The molecule has 0 aliphatic heterocycles. The number of carboxylic acid groups (broad SMARTS) is 1. The quantitative estimate of drug-likeness (QED) is 0.216. The van der Waals surface area contributed by atoms with Crippen molar-refractivity contribution in [1.82, 2.24) is 9.78 Å². The standard InChI is InChI=1S/C30H23ClF3N3O6/c1-17(38)22-12-9-20(31)14-23(22)24-15-26(39)37(36-28(24)43-16-30(32,33)34)25(13-18-5-3-2-4-6-18)27(40)35-21-10-7-19(8-11-21)29(41)42/h2-12,14-15,25H,13,16H2,1H3,(H,35,40)(H,41,42). The molecule has 1 unspecified atom stereocenters. The number of nitrogens with one attached hydrogen (secondary N) is 1. The van der Waals surface area contributed by atoms with Crippen LogP contribution < -0.4 is 15.6 Å². The number of hydrogen-bond donors (Lipinski definition) is 2. The second-order valence-corrected chi connectivity index (χ2v) is 9.81. The Morgan fingerprint density at radius 1 is 1.00 bits per heavy atom. The van der Waals surface area contributed by atoms with Crippen molar-refractivity contribution in [3.05, 3.63) is 111 Å². The van der Waals surface area contributed by atoms with Crippen molar-refractivity contribution in [2.24, 2.45) is 0 Å². The van der Waals surface area contributed by atoms with Crippen molar-refractivity contribution in [3.8, 4) is 17.0 Å². The maximum absolute atomic E-state index is 13.5. The highest BCUT2D eigenvalue weighted by Gasteiger charge is 2.31. The van der Waals surface area contributed by atoms with Crippen molar-refractivity contribution >= 4 is 34.9 Å². The molecule has 0 aliphatic carbocycles. The van der Waals surface area contributed by atoms with Crippen molar-refractivity contribution in [3.63, 3.8) is 0 Å². The number of aromatic carboxylic acids is 1. The molecule has 4 rings (SSSR count). The normalized spacial score (nSPS) is 11.9. The molecule has 9 nitrogen and oxygen atoms in total. The summed E-state index contributed by atoms with van der Waals surface area (Å²) in [6.07, 6.45) is -4.87. The number of ether oxygens (including phenoxy) is 1. The number of carbonyl (C=O) groups is 3. The van der Waals surface area contributed by atoms with Crippen LogP contribution in [0.2, 0.25) is 5.02 Å². The molecule has 0 fully saturated rings. The van der Waals surface area contributed by atoms with Gasteiger partial charge < -0.3 is 15.2 Å². The summed E-state index contributed by atoms with van der Waals surface area (Å²) in [6.45, 7) is -0.534. The van der Waals surface area contributed by atoms with Gasteiger partial charge in [0.25, 0.3) is 5.56 Å². The third-order valence-electron chi connectivity index (χ3n) is 6.22. The van der Waals surface area contributed by atoms with Crippen LogP contribution in [0.3, 0.4) is 0 Å². The van der Waals surface area contributed by atoms with E-state index in [0.717, 1.165) is 6.07 Å². The molecule has 222 valence electrons. The summed E-state index contributed by atoms with van der Waals surface area (Å²) in [5.74, 6) is -3.04. The van der Waals surface area contributed by atoms with Crippen LogP contribution in [0.4, 0.5) is 18.9 Å². The van der Waals surface area contributed by atoms with Gasteiger partial charge in [-0.1, -0.05) is 41.9 Å². The Kier molecular flexibility index (Phi) is 9.30. The molecule has 3 aromatic carbocycles. The molecular formula is C30H23ClF3N3O6. The lowest BCUT2D eigenvalue weighted by molar-refractivity contribution is -0.154. The minimum absolute atomic E-state index is 0.0234. The van der Waals surface area contributed by atoms with Gasteiger partial charge >= 0.3 is 12.1 Å². The van der Waals surface area contributed by atoms with E-state index in [-0.39, 0.29) is 39.4 Å². The highest BCUT2D eigenvalue weighted by molar-refractivity contribution is 6.31. The van der Waals surface area contributed by atoms with E-state index in [2.05, 4.69) is 10.4 Å². The largest absolute Gasteiger partial charge is 0.478 e. The molecule has 0 spiro atoms. The molecule has 1 amide bonds. The Balaban J connectivity index is 1.85. The van der Waals surface area contributed by atoms with E-state index in [1.807, 2.05) is 0 Å². The van der Waals surface area contributed by atoms with Gasteiger partial charge in [0.05, 0.1) is 11.1 Å². The van der Waals surface area contributed by atoms with Crippen LogP contribution in [0, 0.1) is 0 Å².